The van der Waals surface area contributed by atoms with Crippen molar-refractivity contribution in [3.05, 3.63) is 29.8 Å². The fraction of sp³-hybridized carbons (Fsp3) is 0.611. The van der Waals surface area contributed by atoms with Crippen LogP contribution in [0.15, 0.2) is 29.3 Å². The lowest BCUT2D eigenvalue weighted by Gasteiger charge is -2.30. The molecule has 0 spiro atoms. The van der Waals surface area contributed by atoms with E-state index in [1.54, 1.807) is 14.2 Å². The number of ether oxygens (including phenoxy) is 2. The molecular formula is C18H30IN3O2. The lowest BCUT2D eigenvalue weighted by Crippen LogP contribution is -2.47. The number of nitrogens with one attached hydrogen (secondary N) is 2. The van der Waals surface area contributed by atoms with Gasteiger partial charge in [0.05, 0.1) is 12.6 Å². The molecule has 1 heterocycles. The average Bonchev–Trinajstić information content (AvgIpc) is 2.92. The van der Waals surface area contributed by atoms with E-state index in [4.69, 9.17) is 9.47 Å². The van der Waals surface area contributed by atoms with Gasteiger partial charge in [-0.25, -0.2) is 0 Å². The molecule has 1 aliphatic rings. The van der Waals surface area contributed by atoms with Crippen LogP contribution >= 0.6 is 24.0 Å². The third-order valence-electron chi connectivity index (χ3n) is 4.14. The fourth-order valence-corrected chi connectivity index (χ4v) is 2.73. The van der Waals surface area contributed by atoms with E-state index >= 15 is 0 Å². The van der Waals surface area contributed by atoms with Gasteiger partial charge in [-0.1, -0.05) is 39.0 Å². The Balaban J connectivity index is 0.00000288. The molecule has 0 fully saturated rings. The predicted molar refractivity (Wildman–Crippen MR) is 110 cm³/mol. The number of benzene rings is 1. The molecule has 136 valence electrons. The molecular weight excluding hydrogens is 417 g/mol. The molecule has 0 amide bonds. The SMILES string of the molecule is CN=C(NCC1Cc2ccccc2O1)NCC(OC)C(C)(C)C.I. The van der Waals surface area contributed by atoms with Crippen LogP contribution in [0.1, 0.15) is 26.3 Å². The largest absolute Gasteiger partial charge is 0.488 e. The highest BCUT2D eigenvalue weighted by molar-refractivity contribution is 14.0. The maximum Gasteiger partial charge on any atom is 0.191 e. The molecule has 2 unspecified atom stereocenters. The number of hydrogen-bond acceptors (Lipinski definition) is 3. The summed E-state index contributed by atoms with van der Waals surface area (Å²) in [6.07, 6.45) is 1.20. The van der Waals surface area contributed by atoms with Gasteiger partial charge in [0.15, 0.2) is 5.96 Å². The molecule has 0 bridgehead atoms. The fourth-order valence-electron chi connectivity index (χ4n) is 2.73. The maximum absolute atomic E-state index is 5.93. The van der Waals surface area contributed by atoms with Crippen molar-refractivity contribution in [2.24, 2.45) is 10.4 Å². The second-order valence-corrected chi connectivity index (χ2v) is 6.98. The Morgan fingerprint density at radius 2 is 2.04 bits per heavy atom. The third-order valence-corrected chi connectivity index (χ3v) is 4.14. The van der Waals surface area contributed by atoms with Crippen LogP contribution in [0.25, 0.3) is 0 Å². The normalized spacial score (nSPS) is 18.2. The summed E-state index contributed by atoms with van der Waals surface area (Å²) >= 11 is 0. The number of halogens is 1. The smallest absolute Gasteiger partial charge is 0.191 e. The van der Waals surface area contributed by atoms with Crippen molar-refractivity contribution in [2.75, 3.05) is 27.2 Å². The lowest BCUT2D eigenvalue weighted by molar-refractivity contribution is 0.0205. The summed E-state index contributed by atoms with van der Waals surface area (Å²) in [5.41, 5.74) is 1.35. The van der Waals surface area contributed by atoms with Crippen molar-refractivity contribution in [3.63, 3.8) is 0 Å². The number of fused-ring (bicyclic) bond motifs is 1. The summed E-state index contributed by atoms with van der Waals surface area (Å²) in [6.45, 7) is 7.95. The topological polar surface area (TPSA) is 54.9 Å². The quantitative estimate of drug-likeness (QED) is 0.414. The molecule has 1 aromatic rings. The predicted octanol–water partition coefficient (Wildman–Crippen LogP) is 2.83. The summed E-state index contributed by atoms with van der Waals surface area (Å²) in [6, 6.07) is 8.20. The number of rotatable bonds is 5. The molecule has 0 radical (unpaired) electrons. The molecule has 2 atom stereocenters. The average molecular weight is 447 g/mol. The standard InChI is InChI=1S/C18H29N3O2.HI/c1-18(2,3)16(22-5)12-21-17(19-4)20-11-14-10-13-8-6-7-9-15(13)23-14;/h6-9,14,16H,10-12H2,1-5H3,(H2,19,20,21);1H. The summed E-state index contributed by atoms with van der Waals surface area (Å²) in [5.74, 6) is 1.77. The lowest BCUT2D eigenvalue weighted by atomic mass is 9.89. The third kappa shape index (κ3) is 5.81. The van der Waals surface area contributed by atoms with Gasteiger partial charge in [0.1, 0.15) is 11.9 Å². The van der Waals surface area contributed by atoms with Crippen molar-refractivity contribution in [2.45, 2.75) is 39.4 Å². The maximum atomic E-state index is 5.93. The number of hydrogen-bond donors (Lipinski definition) is 2. The molecule has 1 aromatic carbocycles. The molecule has 0 aliphatic carbocycles. The molecule has 5 nitrogen and oxygen atoms in total. The van der Waals surface area contributed by atoms with Crippen LogP contribution in [0.4, 0.5) is 0 Å². The van der Waals surface area contributed by atoms with E-state index in [2.05, 4.69) is 48.5 Å². The number of guanidine groups is 1. The van der Waals surface area contributed by atoms with Gasteiger partial charge in [0.2, 0.25) is 0 Å². The van der Waals surface area contributed by atoms with E-state index < -0.39 is 0 Å². The van der Waals surface area contributed by atoms with Crippen molar-refractivity contribution < 1.29 is 9.47 Å². The highest BCUT2D eigenvalue weighted by Crippen LogP contribution is 2.27. The molecule has 6 heteroatoms. The van der Waals surface area contributed by atoms with Crippen molar-refractivity contribution in [3.8, 4) is 5.75 Å². The zero-order chi connectivity index (χ0) is 16.9. The van der Waals surface area contributed by atoms with Crippen molar-refractivity contribution in [1.29, 1.82) is 0 Å². The first-order valence-electron chi connectivity index (χ1n) is 8.16. The Hall–Kier alpha value is -1.02. The zero-order valence-electron chi connectivity index (χ0n) is 15.3. The van der Waals surface area contributed by atoms with Crippen LogP contribution in [0, 0.1) is 5.41 Å². The minimum Gasteiger partial charge on any atom is -0.488 e. The first-order valence-corrected chi connectivity index (χ1v) is 8.16. The summed E-state index contributed by atoms with van der Waals surface area (Å²) < 4.78 is 11.5. The van der Waals surface area contributed by atoms with E-state index in [0.717, 1.165) is 24.7 Å². The van der Waals surface area contributed by atoms with Gasteiger partial charge in [0, 0.05) is 27.1 Å². The van der Waals surface area contributed by atoms with Gasteiger partial charge in [-0.3, -0.25) is 4.99 Å². The highest BCUT2D eigenvalue weighted by Gasteiger charge is 2.25. The molecule has 2 N–H and O–H groups in total. The van der Waals surface area contributed by atoms with E-state index in [9.17, 15) is 0 Å². The second-order valence-electron chi connectivity index (χ2n) is 6.98. The zero-order valence-corrected chi connectivity index (χ0v) is 17.6. The monoisotopic (exact) mass is 447 g/mol. The van der Waals surface area contributed by atoms with Crippen LogP contribution in [0.5, 0.6) is 5.75 Å². The molecule has 1 aliphatic heterocycles. The molecule has 0 saturated carbocycles. The number of nitrogens with zero attached hydrogens (tertiary/aromatic N) is 1. The van der Waals surface area contributed by atoms with Crippen molar-refractivity contribution >= 4 is 29.9 Å². The van der Waals surface area contributed by atoms with Crippen LogP contribution in [-0.4, -0.2) is 45.4 Å². The second kappa shape index (κ2) is 9.46. The Bertz CT molecular complexity index is 518. The van der Waals surface area contributed by atoms with E-state index in [1.165, 1.54) is 5.56 Å². The van der Waals surface area contributed by atoms with E-state index in [-0.39, 0.29) is 41.6 Å². The highest BCUT2D eigenvalue weighted by atomic mass is 127. The summed E-state index contributed by atoms with van der Waals surface area (Å²) in [4.78, 5) is 4.27. The number of methoxy groups -OCH3 is 1. The molecule has 0 aromatic heterocycles. The Morgan fingerprint density at radius 1 is 1.33 bits per heavy atom. The van der Waals surface area contributed by atoms with Gasteiger partial charge in [0.25, 0.3) is 0 Å². The Labute approximate surface area is 162 Å². The van der Waals surface area contributed by atoms with Crippen molar-refractivity contribution in [1.82, 2.24) is 10.6 Å². The molecule has 0 saturated heterocycles. The van der Waals surface area contributed by atoms with Gasteiger partial charge in [-0.15, -0.1) is 24.0 Å². The number of para-hydroxylation sites is 1. The van der Waals surface area contributed by atoms with Gasteiger partial charge in [-0.05, 0) is 17.0 Å². The molecule has 2 rings (SSSR count). The summed E-state index contributed by atoms with van der Waals surface area (Å²) in [7, 11) is 3.52. The van der Waals surface area contributed by atoms with Gasteiger partial charge >= 0.3 is 0 Å². The molecule has 24 heavy (non-hydrogen) atoms. The van der Waals surface area contributed by atoms with Gasteiger partial charge < -0.3 is 20.1 Å². The van der Waals surface area contributed by atoms with E-state index in [1.807, 2.05) is 12.1 Å². The minimum absolute atomic E-state index is 0. The van der Waals surface area contributed by atoms with Gasteiger partial charge in [-0.2, -0.15) is 0 Å². The van der Waals surface area contributed by atoms with Crippen LogP contribution in [0.2, 0.25) is 0 Å². The minimum atomic E-state index is 0. The Morgan fingerprint density at radius 3 is 2.62 bits per heavy atom. The van der Waals surface area contributed by atoms with Crippen LogP contribution in [-0.2, 0) is 11.2 Å². The first kappa shape index (κ1) is 21.0. The number of aliphatic imine (C=N–C) groups is 1. The van der Waals surface area contributed by atoms with Crippen LogP contribution < -0.4 is 15.4 Å². The first-order chi connectivity index (χ1) is 10.9. The summed E-state index contributed by atoms with van der Waals surface area (Å²) in [5, 5.41) is 6.67. The van der Waals surface area contributed by atoms with E-state index in [0.29, 0.717) is 6.54 Å². The van der Waals surface area contributed by atoms with Crippen LogP contribution in [0.3, 0.4) is 0 Å². The Kier molecular flexibility index (Phi) is 8.29.